The minimum Gasteiger partial charge on any atom is -0.493 e. The van der Waals surface area contributed by atoms with Gasteiger partial charge in [0.05, 0.1) is 6.61 Å². The summed E-state index contributed by atoms with van der Waals surface area (Å²) in [4.78, 5) is 28.1. The lowest BCUT2D eigenvalue weighted by molar-refractivity contribution is -0.147. The van der Waals surface area contributed by atoms with Crippen molar-refractivity contribution in [2.75, 3.05) is 33.3 Å². The summed E-state index contributed by atoms with van der Waals surface area (Å²) in [6.45, 7) is 4.51. The summed E-state index contributed by atoms with van der Waals surface area (Å²) in [5.74, 6) is 1.24. The molecule has 3 heterocycles. The number of ether oxygens (including phenoxy) is 1. The number of benzene rings is 1. The largest absolute Gasteiger partial charge is 0.493 e. The van der Waals surface area contributed by atoms with Crippen LogP contribution < -0.4 is 10.1 Å². The molecule has 3 aliphatic rings. The van der Waals surface area contributed by atoms with Crippen LogP contribution in [0.2, 0.25) is 0 Å². The Balaban J connectivity index is 1.27. The number of likely N-dealkylation sites (N-methyl/N-ethyl adjacent to an activating group) is 1. The van der Waals surface area contributed by atoms with Gasteiger partial charge in [0.2, 0.25) is 11.8 Å². The molecule has 4 rings (SSSR count). The molecular formula is C21H29N3O3. The van der Waals surface area contributed by atoms with Gasteiger partial charge in [0, 0.05) is 50.5 Å². The highest BCUT2D eigenvalue weighted by atomic mass is 16.5. The smallest absolute Gasteiger partial charge is 0.224 e. The molecule has 0 aliphatic carbocycles. The summed E-state index contributed by atoms with van der Waals surface area (Å²) in [6.07, 6.45) is 3.61. The van der Waals surface area contributed by atoms with Crippen LogP contribution in [0.3, 0.4) is 0 Å². The minimum atomic E-state index is 0.00470. The maximum Gasteiger partial charge on any atom is 0.224 e. The van der Waals surface area contributed by atoms with Crippen LogP contribution >= 0.6 is 0 Å². The number of carbonyl (C=O) groups excluding carboxylic acids is 2. The third kappa shape index (κ3) is 3.68. The van der Waals surface area contributed by atoms with Crippen molar-refractivity contribution in [2.24, 2.45) is 5.41 Å². The Hall–Kier alpha value is -2.08. The maximum atomic E-state index is 12.8. The minimum absolute atomic E-state index is 0.00470. The summed E-state index contributed by atoms with van der Waals surface area (Å²) >= 11 is 0. The third-order valence-electron chi connectivity index (χ3n) is 6.46. The van der Waals surface area contributed by atoms with Crippen LogP contribution in [-0.4, -0.2) is 67.0 Å². The van der Waals surface area contributed by atoms with Gasteiger partial charge in [-0.15, -0.1) is 0 Å². The number of para-hydroxylation sites is 1. The van der Waals surface area contributed by atoms with Crippen molar-refractivity contribution in [3.8, 4) is 5.75 Å². The number of carbonyl (C=O) groups is 2. The molecule has 1 aromatic rings. The lowest BCUT2D eigenvalue weighted by atomic mass is 9.73. The summed E-state index contributed by atoms with van der Waals surface area (Å²) in [7, 11) is 2.07. The van der Waals surface area contributed by atoms with Crippen molar-refractivity contribution in [1.82, 2.24) is 15.1 Å². The first-order valence-electron chi connectivity index (χ1n) is 9.91. The Labute approximate surface area is 160 Å². The van der Waals surface area contributed by atoms with E-state index in [4.69, 9.17) is 4.74 Å². The highest BCUT2D eigenvalue weighted by molar-refractivity contribution is 5.78. The van der Waals surface area contributed by atoms with Gasteiger partial charge in [-0.25, -0.2) is 0 Å². The predicted octanol–water partition coefficient (Wildman–Crippen LogP) is 1.44. The maximum absolute atomic E-state index is 12.8. The molecular weight excluding hydrogens is 342 g/mol. The summed E-state index contributed by atoms with van der Waals surface area (Å²) in [6, 6.07) is 8.82. The number of fused-ring (bicyclic) bond motifs is 1. The predicted molar refractivity (Wildman–Crippen MR) is 103 cm³/mol. The Bertz CT molecular complexity index is 729. The van der Waals surface area contributed by atoms with Crippen molar-refractivity contribution >= 4 is 11.8 Å². The van der Waals surface area contributed by atoms with Crippen LogP contribution in [0.25, 0.3) is 0 Å². The second kappa shape index (κ2) is 7.15. The second-order valence-corrected chi connectivity index (χ2v) is 8.51. The van der Waals surface area contributed by atoms with Crippen LogP contribution in [0.15, 0.2) is 24.3 Å². The molecule has 0 unspecified atom stereocenters. The van der Waals surface area contributed by atoms with Gasteiger partial charge in [-0.05, 0) is 37.9 Å². The van der Waals surface area contributed by atoms with Gasteiger partial charge in [0.25, 0.3) is 0 Å². The van der Waals surface area contributed by atoms with Crippen LogP contribution in [0.1, 0.15) is 31.7 Å². The average Bonchev–Trinajstić information content (AvgIpc) is 2.97. The number of nitrogens with one attached hydrogen (secondary N) is 1. The molecule has 0 saturated carbocycles. The number of hydrogen-bond donors (Lipinski definition) is 1. The molecule has 0 aromatic heterocycles. The lowest BCUT2D eigenvalue weighted by Gasteiger charge is -2.52. The zero-order chi connectivity index (χ0) is 19.0. The average molecular weight is 371 g/mol. The van der Waals surface area contributed by atoms with E-state index in [0.717, 1.165) is 38.1 Å². The van der Waals surface area contributed by atoms with E-state index in [0.29, 0.717) is 25.6 Å². The van der Waals surface area contributed by atoms with Gasteiger partial charge in [0.15, 0.2) is 0 Å². The number of amides is 2. The molecule has 1 aromatic carbocycles. The lowest BCUT2D eigenvalue weighted by Crippen LogP contribution is -2.63. The molecule has 3 aliphatic heterocycles. The van der Waals surface area contributed by atoms with Crippen molar-refractivity contribution in [1.29, 1.82) is 0 Å². The fraction of sp³-hybridized carbons (Fsp3) is 0.619. The molecule has 2 saturated heterocycles. The summed E-state index contributed by atoms with van der Waals surface area (Å²) < 4.78 is 5.94. The first-order chi connectivity index (χ1) is 13.0. The number of nitrogens with zero attached hydrogens (tertiary/aromatic N) is 2. The van der Waals surface area contributed by atoms with Gasteiger partial charge < -0.3 is 15.0 Å². The SMILES string of the molecule is CC(=O)NC[C@H]1CC[C@@H](CC(=O)N2CC3(COc4ccccc4C3)C2)N1C. The Morgan fingerprint density at radius 2 is 1.96 bits per heavy atom. The second-order valence-electron chi connectivity index (χ2n) is 8.51. The normalized spacial score (nSPS) is 26.2. The zero-order valence-corrected chi connectivity index (χ0v) is 16.2. The van der Waals surface area contributed by atoms with E-state index in [9.17, 15) is 9.59 Å². The van der Waals surface area contributed by atoms with E-state index < -0.39 is 0 Å². The molecule has 0 radical (unpaired) electrons. The number of hydrogen-bond acceptors (Lipinski definition) is 4. The van der Waals surface area contributed by atoms with E-state index in [1.807, 2.05) is 17.0 Å². The molecule has 146 valence electrons. The monoisotopic (exact) mass is 371 g/mol. The molecule has 1 spiro atoms. The first-order valence-corrected chi connectivity index (χ1v) is 9.91. The first kappa shape index (κ1) is 18.3. The van der Waals surface area contributed by atoms with Crippen LogP contribution in [0.4, 0.5) is 0 Å². The fourth-order valence-electron chi connectivity index (χ4n) is 4.79. The van der Waals surface area contributed by atoms with Crippen molar-refractivity contribution < 1.29 is 14.3 Å². The van der Waals surface area contributed by atoms with Gasteiger partial charge >= 0.3 is 0 Å². The van der Waals surface area contributed by atoms with E-state index in [1.54, 1.807) is 6.92 Å². The Morgan fingerprint density at radius 3 is 2.74 bits per heavy atom. The molecule has 2 fully saturated rings. The van der Waals surface area contributed by atoms with Crippen LogP contribution in [-0.2, 0) is 16.0 Å². The molecule has 0 bridgehead atoms. The van der Waals surface area contributed by atoms with Gasteiger partial charge in [-0.2, -0.15) is 0 Å². The van der Waals surface area contributed by atoms with Gasteiger partial charge in [-0.3, -0.25) is 14.5 Å². The number of rotatable bonds is 4. The Kier molecular flexibility index (Phi) is 4.84. The van der Waals surface area contributed by atoms with E-state index in [-0.39, 0.29) is 23.3 Å². The molecule has 27 heavy (non-hydrogen) atoms. The number of likely N-dealkylation sites (tertiary alicyclic amines) is 2. The van der Waals surface area contributed by atoms with Crippen molar-refractivity contribution in [3.05, 3.63) is 29.8 Å². The molecule has 1 N–H and O–H groups in total. The fourth-order valence-corrected chi connectivity index (χ4v) is 4.79. The summed E-state index contributed by atoms with van der Waals surface area (Å²) in [5, 5.41) is 2.89. The molecule has 2 atom stereocenters. The Morgan fingerprint density at radius 1 is 1.22 bits per heavy atom. The van der Waals surface area contributed by atoms with E-state index in [2.05, 4.69) is 29.4 Å². The standard InChI is InChI=1S/C21H29N3O3/c1-15(25)22-11-18-8-7-17(23(18)2)9-20(26)24-12-21(13-24)10-16-5-3-4-6-19(16)27-14-21/h3-6,17-18H,7-14H2,1-2H3,(H,22,25)/t17-,18+/m0/s1. The van der Waals surface area contributed by atoms with Crippen molar-refractivity contribution in [2.45, 2.75) is 44.7 Å². The van der Waals surface area contributed by atoms with E-state index >= 15 is 0 Å². The summed E-state index contributed by atoms with van der Waals surface area (Å²) in [5.41, 5.74) is 1.35. The van der Waals surface area contributed by atoms with Gasteiger partial charge in [-0.1, -0.05) is 18.2 Å². The zero-order valence-electron chi connectivity index (χ0n) is 16.2. The van der Waals surface area contributed by atoms with Gasteiger partial charge in [0.1, 0.15) is 5.75 Å². The van der Waals surface area contributed by atoms with Crippen LogP contribution in [0.5, 0.6) is 5.75 Å². The van der Waals surface area contributed by atoms with Crippen LogP contribution in [0, 0.1) is 5.41 Å². The highest BCUT2D eigenvalue weighted by Gasteiger charge is 2.48. The molecule has 6 nitrogen and oxygen atoms in total. The quantitative estimate of drug-likeness (QED) is 0.870. The molecule has 6 heteroatoms. The molecule has 2 amide bonds. The highest BCUT2D eigenvalue weighted by Crippen LogP contribution is 2.41. The topological polar surface area (TPSA) is 61.9 Å². The third-order valence-corrected chi connectivity index (χ3v) is 6.46. The van der Waals surface area contributed by atoms with Crippen molar-refractivity contribution in [3.63, 3.8) is 0 Å². The van der Waals surface area contributed by atoms with E-state index in [1.165, 1.54) is 5.56 Å².